The van der Waals surface area contributed by atoms with Crippen molar-refractivity contribution in [3.63, 3.8) is 0 Å². The van der Waals surface area contributed by atoms with E-state index < -0.39 is 0 Å². The third kappa shape index (κ3) is 2.23. The van der Waals surface area contributed by atoms with E-state index in [4.69, 9.17) is 11.6 Å². The largest absolute Gasteiger partial charge is 0.381 e. The van der Waals surface area contributed by atoms with Crippen molar-refractivity contribution in [2.45, 2.75) is 25.8 Å². The van der Waals surface area contributed by atoms with Crippen molar-refractivity contribution in [2.75, 3.05) is 5.32 Å². The first-order valence-electron chi connectivity index (χ1n) is 6.28. The lowest BCUT2D eigenvalue weighted by Gasteiger charge is -2.34. The minimum atomic E-state index is 0.563. The van der Waals surface area contributed by atoms with E-state index >= 15 is 0 Å². The summed E-state index contributed by atoms with van der Waals surface area (Å²) in [6.45, 7) is 2.28. The summed E-state index contributed by atoms with van der Waals surface area (Å²) in [5.41, 5.74) is 2.10. The highest BCUT2D eigenvalue weighted by Gasteiger charge is 2.25. The first-order valence-corrected chi connectivity index (χ1v) is 6.66. The molecule has 1 saturated carbocycles. The van der Waals surface area contributed by atoms with Gasteiger partial charge in [-0.05, 0) is 43.0 Å². The van der Waals surface area contributed by atoms with Crippen molar-refractivity contribution in [1.82, 2.24) is 9.78 Å². The minimum absolute atomic E-state index is 0.563. The van der Waals surface area contributed by atoms with Gasteiger partial charge in [0.1, 0.15) is 0 Å². The highest BCUT2D eigenvalue weighted by Crippen LogP contribution is 2.32. The average Bonchev–Trinajstić information content (AvgIpc) is 2.80. The molecule has 0 bridgehead atoms. The topological polar surface area (TPSA) is 29.9 Å². The molecule has 0 atom stereocenters. The number of rotatable bonds is 3. The summed E-state index contributed by atoms with van der Waals surface area (Å²) >= 11 is 6.08. The molecule has 0 spiro atoms. The first-order chi connectivity index (χ1) is 8.72. The van der Waals surface area contributed by atoms with Gasteiger partial charge in [-0.2, -0.15) is 5.10 Å². The lowest BCUT2D eigenvalue weighted by Crippen LogP contribution is -2.34. The van der Waals surface area contributed by atoms with E-state index in [2.05, 4.69) is 17.3 Å². The van der Waals surface area contributed by atoms with Crippen molar-refractivity contribution in [3.05, 3.63) is 41.7 Å². The maximum absolute atomic E-state index is 6.08. The van der Waals surface area contributed by atoms with Crippen molar-refractivity contribution >= 4 is 17.3 Å². The van der Waals surface area contributed by atoms with E-state index in [-0.39, 0.29) is 0 Å². The molecule has 1 aromatic carbocycles. The number of benzene rings is 1. The van der Waals surface area contributed by atoms with E-state index in [1.807, 2.05) is 35.1 Å². The molecule has 1 aliphatic carbocycles. The summed E-state index contributed by atoms with van der Waals surface area (Å²) in [5, 5.41) is 8.59. The number of nitrogens with one attached hydrogen (secondary N) is 1. The van der Waals surface area contributed by atoms with Gasteiger partial charge in [0.25, 0.3) is 0 Å². The fraction of sp³-hybridized carbons (Fsp3) is 0.357. The van der Waals surface area contributed by atoms with Gasteiger partial charge in [0.05, 0.1) is 11.4 Å². The number of halogens is 1. The number of hydrogen-bond donors (Lipinski definition) is 1. The average molecular weight is 262 g/mol. The Morgan fingerprint density at radius 3 is 2.89 bits per heavy atom. The van der Waals surface area contributed by atoms with Gasteiger partial charge < -0.3 is 5.32 Å². The van der Waals surface area contributed by atoms with Crippen LogP contribution in [0.2, 0.25) is 5.02 Å². The van der Waals surface area contributed by atoms with Crippen LogP contribution in [0.15, 0.2) is 36.7 Å². The zero-order valence-corrected chi connectivity index (χ0v) is 11.1. The Morgan fingerprint density at radius 1 is 1.39 bits per heavy atom. The van der Waals surface area contributed by atoms with Gasteiger partial charge in [-0.3, -0.25) is 0 Å². The summed E-state index contributed by atoms with van der Waals surface area (Å²) in [7, 11) is 0. The highest BCUT2D eigenvalue weighted by molar-refractivity contribution is 6.31. The van der Waals surface area contributed by atoms with Gasteiger partial charge in [0.15, 0.2) is 0 Å². The molecule has 1 aromatic heterocycles. The fourth-order valence-corrected chi connectivity index (χ4v) is 2.65. The molecular formula is C14H16ClN3. The molecule has 0 aliphatic heterocycles. The second-order valence-electron chi connectivity index (χ2n) is 5.03. The molecule has 4 heteroatoms. The molecule has 2 aromatic rings. The summed E-state index contributed by atoms with van der Waals surface area (Å²) in [6.07, 6.45) is 6.18. The van der Waals surface area contributed by atoms with Crippen molar-refractivity contribution in [3.8, 4) is 5.69 Å². The van der Waals surface area contributed by atoms with E-state index in [9.17, 15) is 0 Å². The standard InChI is InChI=1S/C14H16ClN3/c1-10-7-12(8-10)17-13-9-11(15)3-4-14(13)18-6-2-5-16-18/h2-6,9-10,12,17H,7-8H2,1H3. The van der Waals surface area contributed by atoms with Crippen molar-refractivity contribution < 1.29 is 0 Å². The highest BCUT2D eigenvalue weighted by atomic mass is 35.5. The van der Waals surface area contributed by atoms with Crippen LogP contribution >= 0.6 is 11.6 Å². The molecule has 1 heterocycles. The lowest BCUT2D eigenvalue weighted by molar-refractivity contribution is 0.309. The summed E-state index contributed by atoms with van der Waals surface area (Å²) in [4.78, 5) is 0. The van der Waals surface area contributed by atoms with Gasteiger partial charge in [-0.15, -0.1) is 0 Å². The first kappa shape index (κ1) is 11.6. The maximum atomic E-state index is 6.08. The molecule has 18 heavy (non-hydrogen) atoms. The summed E-state index contributed by atoms with van der Waals surface area (Å²) < 4.78 is 1.86. The Hall–Kier alpha value is -1.48. The Kier molecular flexibility index (Phi) is 3.00. The number of hydrogen-bond acceptors (Lipinski definition) is 2. The molecule has 1 fully saturated rings. The van der Waals surface area contributed by atoms with Crippen LogP contribution < -0.4 is 5.32 Å². The Balaban J connectivity index is 1.89. The minimum Gasteiger partial charge on any atom is -0.381 e. The van der Waals surface area contributed by atoms with E-state index in [0.717, 1.165) is 22.3 Å². The van der Waals surface area contributed by atoms with Gasteiger partial charge in [-0.25, -0.2) is 4.68 Å². The third-order valence-electron chi connectivity index (χ3n) is 3.44. The summed E-state index contributed by atoms with van der Waals surface area (Å²) in [6, 6.07) is 8.35. The molecule has 3 rings (SSSR count). The molecule has 0 saturated heterocycles. The smallest absolute Gasteiger partial charge is 0.0877 e. The SMILES string of the molecule is CC1CC(Nc2cc(Cl)ccc2-n2cccn2)C1. The van der Waals surface area contributed by atoms with Crippen LogP contribution in [0.25, 0.3) is 5.69 Å². The molecular weight excluding hydrogens is 246 g/mol. The second-order valence-corrected chi connectivity index (χ2v) is 5.47. The fourth-order valence-electron chi connectivity index (χ4n) is 2.48. The van der Waals surface area contributed by atoms with Gasteiger partial charge >= 0.3 is 0 Å². The van der Waals surface area contributed by atoms with Gasteiger partial charge in [0, 0.05) is 23.5 Å². The van der Waals surface area contributed by atoms with Crippen LogP contribution in [-0.2, 0) is 0 Å². The zero-order chi connectivity index (χ0) is 12.5. The van der Waals surface area contributed by atoms with Crippen LogP contribution in [0, 0.1) is 5.92 Å². The molecule has 3 nitrogen and oxygen atoms in total. The van der Waals surface area contributed by atoms with Crippen molar-refractivity contribution in [1.29, 1.82) is 0 Å². The monoisotopic (exact) mass is 261 g/mol. The van der Waals surface area contributed by atoms with Crippen molar-refractivity contribution in [2.24, 2.45) is 5.92 Å². The normalized spacial score (nSPS) is 22.6. The quantitative estimate of drug-likeness (QED) is 0.912. The third-order valence-corrected chi connectivity index (χ3v) is 3.68. The van der Waals surface area contributed by atoms with Gasteiger partial charge in [0.2, 0.25) is 0 Å². The predicted molar refractivity (Wildman–Crippen MR) is 74.4 cm³/mol. The van der Waals surface area contributed by atoms with Crippen LogP contribution in [0.3, 0.4) is 0 Å². The molecule has 1 N–H and O–H groups in total. The zero-order valence-electron chi connectivity index (χ0n) is 10.3. The van der Waals surface area contributed by atoms with Gasteiger partial charge in [-0.1, -0.05) is 18.5 Å². The molecule has 0 amide bonds. The lowest BCUT2D eigenvalue weighted by atomic mass is 9.82. The molecule has 0 unspecified atom stereocenters. The van der Waals surface area contributed by atoms with Crippen LogP contribution in [0.4, 0.5) is 5.69 Å². The number of anilines is 1. The Labute approximate surface area is 112 Å². The van der Waals surface area contributed by atoms with Crippen LogP contribution in [-0.4, -0.2) is 15.8 Å². The van der Waals surface area contributed by atoms with Crippen LogP contribution in [0.1, 0.15) is 19.8 Å². The maximum Gasteiger partial charge on any atom is 0.0877 e. The Bertz CT molecular complexity index is 530. The van der Waals surface area contributed by atoms with E-state index in [1.165, 1.54) is 12.8 Å². The second kappa shape index (κ2) is 4.65. The Morgan fingerprint density at radius 2 is 2.22 bits per heavy atom. The van der Waals surface area contributed by atoms with Crippen LogP contribution in [0.5, 0.6) is 0 Å². The summed E-state index contributed by atoms with van der Waals surface area (Å²) in [5.74, 6) is 0.829. The number of nitrogens with zero attached hydrogens (tertiary/aromatic N) is 2. The predicted octanol–water partition coefficient (Wildman–Crippen LogP) is 3.74. The molecule has 0 radical (unpaired) electrons. The molecule has 94 valence electrons. The number of aromatic nitrogens is 2. The van der Waals surface area contributed by atoms with E-state index in [0.29, 0.717) is 6.04 Å². The molecule has 1 aliphatic rings. The van der Waals surface area contributed by atoms with E-state index in [1.54, 1.807) is 6.20 Å².